The van der Waals surface area contributed by atoms with Gasteiger partial charge in [0.1, 0.15) is 11.4 Å². The molecule has 0 aliphatic carbocycles. The molecule has 3 aromatic rings. The quantitative estimate of drug-likeness (QED) is 0.653. The molecular formula is C16H16N4OS. The Labute approximate surface area is 133 Å². The fourth-order valence-electron chi connectivity index (χ4n) is 2.05. The predicted octanol–water partition coefficient (Wildman–Crippen LogP) is 3.35. The summed E-state index contributed by atoms with van der Waals surface area (Å²) in [6.45, 7) is 2.56. The van der Waals surface area contributed by atoms with Crippen molar-refractivity contribution in [2.24, 2.45) is 0 Å². The van der Waals surface area contributed by atoms with E-state index in [4.69, 9.17) is 4.74 Å². The van der Waals surface area contributed by atoms with Crippen molar-refractivity contribution in [2.75, 3.05) is 6.61 Å². The monoisotopic (exact) mass is 312 g/mol. The van der Waals surface area contributed by atoms with Crippen LogP contribution in [0.15, 0.2) is 59.8 Å². The minimum Gasteiger partial charge on any atom is -0.492 e. The molecule has 0 saturated heterocycles. The summed E-state index contributed by atoms with van der Waals surface area (Å²) in [7, 11) is 0. The molecule has 0 atom stereocenters. The lowest BCUT2D eigenvalue weighted by Crippen LogP contribution is -2.03. The average molecular weight is 312 g/mol. The van der Waals surface area contributed by atoms with Gasteiger partial charge in [0.2, 0.25) is 5.16 Å². The Morgan fingerprint density at radius 3 is 2.64 bits per heavy atom. The van der Waals surface area contributed by atoms with Crippen LogP contribution in [-0.4, -0.2) is 26.8 Å². The molecule has 22 heavy (non-hydrogen) atoms. The number of hydrogen-bond acceptors (Lipinski definition) is 5. The number of benzene rings is 2. The van der Waals surface area contributed by atoms with Gasteiger partial charge in [0.25, 0.3) is 0 Å². The van der Waals surface area contributed by atoms with Crippen LogP contribution in [0.3, 0.4) is 0 Å². The molecule has 0 aliphatic rings. The highest BCUT2D eigenvalue weighted by atomic mass is 32.2. The van der Waals surface area contributed by atoms with Crippen molar-refractivity contribution < 1.29 is 4.74 Å². The molecule has 1 aromatic heterocycles. The molecule has 5 nitrogen and oxygen atoms in total. The Morgan fingerprint density at radius 1 is 1.05 bits per heavy atom. The molecule has 0 aliphatic heterocycles. The number of para-hydroxylation sites is 2. The molecule has 2 aromatic carbocycles. The topological polar surface area (TPSA) is 52.8 Å². The SMILES string of the molecule is CCOc1ccccc1-n1nnnc1SCc1ccccc1. The normalized spacial score (nSPS) is 10.6. The zero-order chi connectivity index (χ0) is 15.2. The standard InChI is InChI=1S/C16H16N4OS/c1-2-21-15-11-7-6-10-14(15)20-16(17-18-19-20)22-12-13-8-4-3-5-9-13/h3-11H,2,12H2,1H3. The predicted molar refractivity (Wildman–Crippen MR) is 86.3 cm³/mol. The smallest absolute Gasteiger partial charge is 0.214 e. The van der Waals surface area contributed by atoms with Crippen LogP contribution in [0.4, 0.5) is 0 Å². The van der Waals surface area contributed by atoms with E-state index in [-0.39, 0.29) is 0 Å². The molecular weight excluding hydrogens is 296 g/mol. The van der Waals surface area contributed by atoms with Gasteiger partial charge in [-0.3, -0.25) is 0 Å². The van der Waals surface area contributed by atoms with Gasteiger partial charge in [-0.2, -0.15) is 4.68 Å². The zero-order valence-electron chi connectivity index (χ0n) is 12.2. The first-order chi connectivity index (χ1) is 10.9. The van der Waals surface area contributed by atoms with Gasteiger partial charge in [-0.25, -0.2) is 0 Å². The maximum Gasteiger partial charge on any atom is 0.214 e. The third-order valence-corrected chi connectivity index (χ3v) is 4.04. The second-order valence-electron chi connectivity index (χ2n) is 4.55. The van der Waals surface area contributed by atoms with Crippen molar-refractivity contribution in [2.45, 2.75) is 17.8 Å². The van der Waals surface area contributed by atoms with Crippen LogP contribution in [0.2, 0.25) is 0 Å². The van der Waals surface area contributed by atoms with Gasteiger partial charge >= 0.3 is 0 Å². The van der Waals surface area contributed by atoms with E-state index in [0.29, 0.717) is 6.61 Å². The highest BCUT2D eigenvalue weighted by molar-refractivity contribution is 7.98. The van der Waals surface area contributed by atoms with Gasteiger partial charge in [-0.1, -0.05) is 54.2 Å². The van der Waals surface area contributed by atoms with Crippen molar-refractivity contribution in [1.82, 2.24) is 20.2 Å². The minimum atomic E-state index is 0.603. The van der Waals surface area contributed by atoms with E-state index in [1.54, 1.807) is 16.4 Å². The first-order valence-electron chi connectivity index (χ1n) is 7.06. The Kier molecular flexibility index (Phi) is 4.70. The maximum atomic E-state index is 5.65. The van der Waals surface area contributed by atoms with E-state index in [9.17, 15) is 0 Å². The summed E-state index contributed by atoms with van der Waals surface area (Å²) in [5.74, 6) is 1.59. The number of nitrogens with zero attached hydrogens (tertiary/aromatic N) is 4. The minimum absolute atomic E-state index is 0.603. The van der Waals surface area contributed by atoms with E-state index < -0.39 is 0 Å². The van der Waals surface area contributed by atoms with Crippen molar-refractivity contribution in [3.05, 3.63) is 60.2 Å². The number of hydrogen-bond donors (Lipinski definition) is 0. The van der Waals surface area contributed by atoms with Crippen LogP contribution < -0.4 is 4.74 Å². The van der Waals surface area contributed by atoms with Crippen LogP contribution in [-0.2, 0) is 5.75 Å². The summed E-state index contributed by atoms with van der Waals surface area (Å²) in [5.41, 5.74) is 2.09. The number of ether oxygens (including phenoxy) is 1. The first kappa shape index (κ1) is 14.6. The lowest BCUT2D eigenvalue weighted by atomic mass is 10.2. The Bertz CT molecular complexity index is 730. The molecule has 0 bridgehead atoms. The van der Waals surface area contributed by atoms with Gasteiger partial charge in [-0.05, 0) is 35.0 Å². The van der Waals surface area contributed by atoms with Gasteiger partial charge in [0, 0.05) is 5.75 Å². The molecule has 6 heteroatoms. The summed E-state index contributed by atoms with van der Waals surface area (Å²) in [5, 5.41) is 12.8. The number of tetrazole rings is 1. The lowest BCUT2D eigenvalue weighted by Gasteiger charge is -2.10. The number of rotatable bonds is 6. The molecule has 0 saturated carbocycles. The van der Waals surface area contributed by atoms with Gasteiger partial charge in [-0.15, -0.1) is 5.10 Å². The molecule has 0 N–H and O–H groups in total. The van der Waals surface area contributed by atoms with Crippen LogP contribution in [0, 0.1) is 0 Å². The third kappa shape index (κ3) is 3.28. The molecule has 0 spiro atoms. The summed E-state index contributed by atoms with van der Waals surface area (Å²) >= 11 is 1.60. The molecule has 0 radical (unpaired) electrons. The summed E-state index contributed by atoms with van der Waals surface area (Å²) in [6, 6.07) is 18.0. The second kappa shape index (κ2) is 7.09. The highest BCUT2D eigenvalue weighted by Gasteiger charge is 2.13. The Hall–Kier alpha value is -2.34. The lowest BCUT2D eigenvalue weighted by molar-refractivity contribution is 0.337. The van der Waals surface area contributed by atoms with Crippen molar-refractivity contribution in [1.29, 1.82) is 0 Å². The first-order valence-corrected chi connectivity index (χ1v) is 8.04. The molecule has 1 heterocycles. The van der Waals surface area contributed by atoms with Crippen molar-refractivity contribution >= 4 is 11.8 Å². The largest absolute Gasteiger partial charge is 0.492 e. The fraction of sp³-hybridized carbons (Fsp3) is 0.188. The average Bonchev–Trinajstić information content (AvgIpc) is 3.03. The van der Waals surface area contributed by atoms with Gasteiger partial charge in [0.15, 0.2) is 0 Å². The summed E-state index contributed by atoms with van der Waals surface area (Å²) < 4.78 is 7.37. The third-order valence-electron chi connectivity index (χ3n) is 3.04. The Morgan fingerprint density at radius 2 is 1.82 bits per heavy atom. The van der Waals surface area contributed by atoms with Crippen LogP contribution in [0.25, 0.3) is 5.69 Å². The molecule has 112 valence electrons. The Balaban J connectivity index is 1.83. The van der Waals surface area contributed by atoms with Crippen LogP contribution in [0.5, 0.6) is 5.75 Å². The highest BCUT2D eigenvalue weighted by Crippen LogP contribution is 2.27. The maximum absolute atomic E-state index is 5.65. The van der Waals surface area contributed by atoms with Gasteiger partial charge < -0.3 is 4.74 Å². The van der Waals surface area contributed by atoms with E-state index >= 15 is 0 Å². The molecule has 0 fully saturated rings. The summed E-state index contributed by atoms with van der Waals surface area (Å²) in [4.78, 5) is 0. The molecule has 3 rings (SSSR count). The molecule has 0 amide bonds. The molecule has 0 unspecified atom stereocenters. The number of aromatic nitrogens is 4. The van der Waals surface area contributed by atoms with Crippen molar-refractivity contribution in [3.63, 3.8) is 0 Å². The fourth-order valence-corrected chi connectivity index (χ4v) is 2.89. The number of thioether (sulfide) groups is 1. The van der Waals surface area contributed by atoms with E-state index in [2.05, 4.69) is 27.7 Å². The van der Waals surface area contributed by atoms with Crippen molar-refractivity contribution in [3.8, 4) is 11.4 Å². The van der Waals surface area contributed by atoms with Crippen LogP contribution in [0.1, 0.15) is 12.5 Å². The summed E-state index contributed by atoms with van der Waals surface area (Å²) in [6.07, 6.45) is 0. The zero-order valence-corrected chi connectivity index (χ0v) is 13.0. The van der Waals surface area contributed by atoms with E-state index in [1.165, 1.54) is 5.56 Å². The second-order valence-corrected chi connectivity index (χ2v) is 5.49. The van der Waals surface area contributed by atoms with E-state index in [1.807, 2.05) is 49.4 Å². The van der Waals surface area contributed by atoms with Gasteiger partial charge in [0.05, 0.1) is 6.61 Å². The van der Waals surface area contributed by atoms with Crippen LogP contribution >= 0.6 is 11.8 Å². The van der Waals surface area contributed by atoms with E-state index in [0.717, 1.165) is 22.3 Å².